The van der Waals surface area contributed by atoms with Gasteiger partial charge in [-0.15, -0.1) is 0 Å². The molecule has 0 saturated carbocycles. The van der Waals surface area contributed by atoms with Crippen molar-refractivity contribution in [3.05, 3.63) is 46.6 Å². The van der Waals surface area contributed by atoms with Gasteiger partial charge in [0.2, 0.25) is 5.91 Å². The molecule has 3 aromatic rings. The Bertz CT molecular complexity index is 1400. The normalized spacial score (nSPS) is 14.0. The van der Waals surface area contributed by atoms with Crippen molar-refractivity contribution < 1.29 is 24.2 Å². The first-order chi connectivity index (χ1) is 19.4. The summed E-state index contributed by atoms with van der Waals surface area (Å²) >= 11 is 1.16. The number of aromatic nitrogens is 3. The minimum absolute atomic E-state index is 0.0621. The van der Waals surface area contributed by atoms with Crippen LogP contribution in [0.15, 0.2) is 30.6 Å². The lowest BCUT2D eigenvalue weighted by Crippen LogP contribution is -2.44. The predicted octanol–water partition coefficient (Wildman–Crippen LogP) is 4.42. The number of amides is 3. The van der Waals surface area contributed by atoms with Gasteiger partial charge in [-0.1, -0.05) is 17.4 Å². The number of nitrogens with zero attached hydrogens (tertiary/aromatic N) is 4. The van der Waals surface area contributed by atoms with Gasteiger partial charge in [0, 0.05) is 37.5 Å². The zero-order valence-electron chi connectivity index (χ0n) is 24.0. The smallest absolute Gasteiger partial charge is 0.410 e. The summed E-state index contributed by atoms with van der Waals surface area (Å²) in [6.45, 7) is 11.0. The molecule has 0 aliphatic carbocycles. The van der Waals surface area contributed by atoms with Crippen molar-refractivity contribution in [1.82, 2.24) is 25.0 Å². The minimum atomic E-state index is -0.517. The number of benzene rings is 1. The molecule has 220 valence electrons. The molecular weight excluding hydrogens is 546 g/mol. The molecule has 4 N–H and O–H groups in total. The first kappa shape index (κ1) is 29.8. The maximum atomic E-state index is 12.8. The Kier molecular flexibility index (Phi) is 9.16. The number of likely N-dealkylation sites (tertiary alicyclic amines) is 1. The van der Waals surface area contributed by atoms with Crippen molar-refractivity contribution in [3.63, 3.8) is 0 Å². The van der Waals surface area contributed by atoms with E-state index in [1.807, 2.05) is 27.7 Å². The van der Waals surface area contributed by atoms with Crippen molar-refractivity contribution in [1.29, 1.82) is 0 Å². The lowest BCUT2D eigenvalue weighted by atomic mass is 9.97. The third-order valence-electron chi connectivity index (χ3n) is 6.65. The number of aromatic hydroxyl groups is 1. The zero-order valence-corrected chi connectivity index (χ0v) is 24.8. The van der Waals surface area contributed by atoms with Crippen molar-refractivity contribution in [3.8, 4) is 5.75 Å². The van der Waals surface area contributed by atoms with Crippen LogP contribution in [-0.2, 0) is 16.1 Å². The Balaban J connectivity index is 1.21. The van der Waals surface area contributed by atoms with Crippen LogP contribution in [-0.4, -0.2) is 67.9 Å². The van der Waals surface area contributed by atoms with Crippen molar-refractivity contribution in [2.24, 2.45) is 5.92 Å². The molecular formula is C28H37N7O5S. The number of phenols is 1. The Morgan fingerprint density at radius 3 is 2.59 bits per heavy atom. The maximum Gasteiger partial charge on any atom is 0.410 e. The summed E-state index contributed by atoms with van der Waals surface area (Å²) in [5, 5.41) is 23.7. The van der Waals surface area contributed by atoms with Gasteiger partial charge >= 0.3 is 6.09 Å². The first-order valence-electron chi connectivity index (χ1n) is 13.5. The number of hydrogen-bond donors (Lipinski definition) is 4. The molecule has 13 heteroatoms. The van der Waals surface area contributed by atoms with Gasteiger partial charge in [0.1, 0.15) is 22.8 Å². The largest absolute Gasteiger partial charge is 0.508 e. The minimum Gasteiger partial charge on any atom is -0.508 e. The Labute approximate surface area is 243 Å². The maximum absolute atomic E-state index is 12.8. The van der Waals surface area contributed by atoms with Crippen LogP contribution in [0.25, 0.3) is 0 Å². The van der Waals surface area contributed by atoms with E-state index in [0.717, 1.165) is 29.7 Å². The molecule has 4 rings (SSSR count). The van der Waals surface area contributed by atoms with E-state index in [-0.39, 0.29) is 30.2 Å². The number of phenolic OH excluding ortho intramolecular Hbond substituents is 1. The molecule has 1 aliphatic heterocycles. The summed E-state index contributed by atoms with van der Waals surface area (Å²) in [7, 11) is 0. The lowest BCUT2D eigenvalue weighted by Gasteiger charge is -2.33. The number of hydrogen-bond acceptors (Lipinski definition) is 9. The van der Waals surface area contributed by atoms with Gasteiger partial charge in [-0.2, -0.15) is 5.10 Å². The highest BCUT2D eigenvalue weighted by Crippen LogP contribution is 2.29. The molecule has 1 saturated heterocycles. The molecule has 1 fully saturated rings. The monoisotopic (exact) mass is 583 g/mol. The molecule has 12 nitrogen and oxygen atoms in total. The van der Waals surface area contributed by atoms with Gasteiger partial charge in [0.15, 0.2) is 10.9 Å². The number of aryl methyl sites for hydroxylation is 1. The summed E-state index contributed by atoms with van der Waals surface area (Å²) in [6, 6.07) is 5.06. The average Bonchev–Trinajstić information content (AvgIpc) is 3.56. The molecule has 3 amide bonds. The van der Waals surface area contributed by atoms with Crippen LogP contribution in [0.4, 0.5) is 21.4 Å². The topological polar surface area (TPSA) is 151 Å². The van der Waals surface area contributed by atoms with E-state index < -0.39 is 5.60 Å². The number of rotatable bonds is 8. The van der Waals surface area contributed by atoms with Crippen molar-refractivity contribution in [2.45, 2.75) is 59.6 Å². The van der Waals surface area contributed by atoms with E-state index >= 15 is 0 Å². The number of ether oxygens (including phenoxy) is 1. The van der Waals surface area contributed by atoms with Gasteiger partial charge in [0.25, 0.3) is 5.91 Å². The summed E-state index contributed by atoms with van der Waals surface area (Å²) in [6.07, 6.45) is 4.47. The van der Waals surface area contributed by atoms with Gasteiger partial charge < -0.3 is 30.7 Å². The number of piperidine rings is 1. The standard InChI is InChI=1S/C28H37N7O5S/c1-17-6-7-20(36)18(2)24(17)32-25(38)21-15-30-26(41-21)31-22-10-13-35(33-22)16-23(37)29-14-19-8-11-34(12-9-19)27(39)40-28(3,4)5/h6-7,10,13,15,19,36H,8-9,11-12,14,16H2,1-5H3,(H,29,37)(H,32,38)(H,30,31,33). The molecule has 3 heterocycles. The van der Waals surface area contributed by atoms with Gasteiger partial charge in [-0.25, -0.2) is 9.78 Å². The van der Waals surface area contributed by atoms with Crippen LogP contribution < -0.4 is 16.0 Å². The first-order valence-corrected chi connectivity index (χ1v) is 14.3. The van der Waals surface area contributed by atoms with Crippen LogP contribution in [0.1, 0.15) is 54.4 Å². The molecule has 1 aromatic carbocycles. The fraction of sp³-hybridized carbons (Fsp3) is 0.464. The molecule has 41 heavy (non-hydrogen) atoms. The highest BCUT2D eigenvalue weighted by atomic mass is 32.1. The van der Waals surface area contributed by atoms with Crippen LogP contribution in [0, 0.1) is 19.8 Å². The van der Waals surface area contributed by atoms with Crippen LogP contribution in [0.3, 0.4) is 0 Å². The number of thiazole rings is 1. The summed E-state index contributed by atoms with van der Waals surface area (Å²) in [5.41, 5.74) is 1.49. The molecule has 2 aromatic heterocycles. The number of anilines is 3. The Hall–Kier alpha value is -4.13. The highest BCUT2D eigenvalue weighted by molar-refractivity contribution is 7.17. The molecule has 0 radical (unpaired) electrons. The molecule has 0 spiro atoms. The van der Waals surface area contributed by atoms with E-state index in [1.54, 1.807) is 36.2 Å². The fourth-order valence-electron chi connectivity index (χ4n) is 4.37. The lowest BCUT2D eigenvalue weighted by molar-refractivity contribution is -0.122. The molecule has 0 bridgehead atoms. The third-order valence-corrected chi connectivity index (χ3v) is 7.56. The number of nitrogens with one attached hydrogen (secondary N) is 3. The fourth-order valence-corrected chi connectivity index (χ4v) is 5.09. The van der Waals surface area contributed by atoms with Crippen LogP contribution >= 0.6 is 11.3 Å². The molecule has 0 atom stereocenters. The third kappa shape index (κ3) is 8.19. The second-order valence-electron chi connectivity index (χ2n) is 11.1. The Morgan fingerprint density at radius 1 is 1.15 bits per heavy atom. The number of carbonyl (C=O) groups is 3. The average molecular weight is 584 g/mol. The van der Waals surface area contributed by atoms with E-state index in [2.05, 4.69) is 26.0 Å². The van der Waals surface area contributed by atoms with Crippen LogP contribution in [0.5, 0.6) is 5.75 Å². The second kappa shape index (κ2) is 12.6. The van der Waals surface area contributed by atoms with E-state index in [1.165, 1.54) is 10.9 Å². The zero-order chi connectivity index (χ0) is 29.7. The van der Waals surface area contributed by atoms with E-state index in [0.29, 0.717) is 52.6 Å². The summed E-state index contributed by atoms with van der Waals surface area (Å²) in [4.78, 5) is 43.9. The van der Waals surface area contributed by atoms with Gasteiger partial charge in [-0.3, -0.25) is 14.3 Å². The highest BCUT2D eigenvalue weighted by Gasteiger charge is 2.27. The van der Waals surface area contributed by atoms with Crippen molar-refractivity contribution in [2.75, 3.05) is 30.3 Å². The van der Waals surface area contributed by atoms with Gasteiger partial charge in [0.05, 0.1) is 11.9 Å². The summed E-state index contributed by atoms with van der Waals surface area (Å²) in [5.74, 6) is 0.421. The van der Waals surface area contributed by atoms with E-state index in [9.17, 15) is 19.5 Å². The molecule has 1 aliphatic rings. The van der Waals surface area contributed by atoms with Gasteiger partial charge in [-0.05, 0) is 65.0 Å². The SMILES string of the molecule is Cc1ccc(O)c(C)c1NC(=O)c1cnc(Nc2ccn(CC(=O)NCC3CCN(C(=O)OC(C)(C)C)CC3)n2)s1. The Morgan fingerprint density at radius 2 is 1.88 bits per heavy atom. The summed E-state index contributed by atoms with van der Waals surface area (Å²) < 4.78 is 6.96. The van der Waals surface area contributed by atoms with E-state index in [4.69, 9.17) is 4.74 Å². The second-order valence-corrected chi connectivity index (χ2v) is 12.2. The molecule has 0 unspecified atom stereocenters. The predicted molar refractivity (Wildman–Crippen MR) is 157 cm³/mol. The van der Waals surface area contributed by atoms with Crippen LogP contribution in [0.2, 0.25) is 0 Å². The quantitative estimate of drug-likeness (QED) is 0.304. The number of carbonyl (C=O) groups excluding carboxylic acids is 3. The van der Waals surface area contributed by atoms with Crippen molar-refractivity contribution >= 4 is 45.9 Å².